The summed E-state index contributed by atoms with van der Waals surface area (Å²) in [6.07, 6.45) is 4.49. The van der Waals surface area contributed by atoms with Crippen LogP contribution in [0, 0.1) is 19.8 Å². The Bertz CT molecular complexity index is 1570. The van der Waals surface area contributed by atoms with E-state index < -0.39 is 13.5 Å². The maximum atomic E-state index is 14.4. The predicted molar refractivity (Wildman–Crippen MR) is 176 cm³/mol. The SMILES string of the molecule is Cc1cc2c(c(C(C)(C)C)c1)OP1(n3ccnc3)(OC(OC(C)C)=NN1C(=O)C(C)C)Oc1c(cc(C)cc1C(C)(C)C)S2. The summed E-state index contributed by atoms with van der Waals surface area (Å²) in [6.45, 7) is 24.4. The molecule has 0 N–H and O–H groups in total. The van der Waals surface area contributed by atoms with Crippen molar-refractivity contribution in [2.45, 2.75) is 110 Å². The summed E-state index contributed by atoms with van der Waals surface area (Å²) in [5.41, 5.74) is 3.39. The minimum atomic E-state index is -5.16. The summed E-state index contributed by atoms with van der Waals surface area (Å²) in [6, 6.07) is 8.47. The number of hydrazone groups is 1. The quantitative estimate of drug-likeness (QED) is 0.264. The first-order valence-electron chi connectivity index (χ1n) is 15.0. The van der Waals surface area contributed by atoms with E-state index in [9.17, 15) is 4.79 Å². The molecule has 0 unspecified atom stereocenters. The average molecular weight is 641 g/mol. The number of hydrogen-bond acceptors (Lipinski definition) is 8. The van der Waals surface area contributed by atoms with Gasteiger partial charge < -0.3 is 0 Å². The van der Waals surface area contributed by atoms with Crippen LogP contribution >= 0.6 is 19.3 Å². The molecule has 0 aliphatic carbocycles. The van der Waals surface area contributed by atoms with E-state index in [4.69, 9.17) is 23.4 Å². The van der Waals surface area contributed by atoms with Gasteiger partial charge in [0.05, 0.1) is 0 Å². The van der Waals surface area contributed by atoms with Crippen molar-refractivity contribution in [3.8, 4) is 11.5 Å². The summed E-state index contributed by atoms with van der Waals surface area (Å²) >= 11 is 1.59. The van der Waals surface area contributed by atoms with Gasteiger partial charge in [0.1, 0.15) is 0 Å². The monoisotopic (exact) mass is 640 g/mol. The third-order valence-electron chi connectivity index (χ3n) is 7.36. The number of aromatic nitrogens is 2. The fourth-order valence-corrected chi connectivity index (χ4v) is 10.0. The summed E-state index contributed by atoms with van der Waals surface area (Å²) in [7, 11) is -5.16. The fourth-order valence-electron chi connectivity index (χ4n) is 5.22. The van der Waals surface area contributed by atoms with Crippen molar-refractivity contribution in [2.24, 2.45) is 11.0 Å². The van der Waals surface area contributed by atoms with E-state index in [-0.39, 0.29) is 28.9 Å². The summed E-state index contributed by atoms with van der Waals surface area (Å²) < 4.78 is 30.6. The topological polar surface area (TPSA) is 87.4 Å². The Kier molecular flexibility index (Phi) is 7.82. The van der Waals surface area contributed by atoms with E-state index in [0.29, 0.717) is 11.5 Å². The van der Waals surface area contributed by atoms with Crippen LogP contribution in [-0.2, 0) is 24.9 Å². The molecule has 44 heavy (non-hydrogen) atoms. The molecule has 3 heterocycles. The van der Waals surface area contributed by atoms with Crippen molar-refractivity contribution in [1.29, 1.82) is 0 Å². The molecule has 0 bridgehead atoms. The van der Waals surface area contributed by atoms with Gasteiger partial charge in [0.2, 0.25) is 0 Å². The zero-order valence-corrected chi connectivity index (χ0v) is 29.6. The van der Waals surface area contributed by atoms with Gasteiger partial charge in [0.25, 0.3) is 0 Å². The molecule has 2 aliphatic heterocycles. The molecule has 0 fully saturated rings. The number of benzene rings is 2. The van der Waals surface area contributed by atoms with Gasteiger partial charge in [-0.2, -0.15) is 0 Å². The van der Waals surface area contributed by atoms with Gasteiger partial charge in [-0.05, 0) is 0 Å². The molecular weight excluding hydrogens is 595 g/mol. The van der Waals surface area contributed by atoms with E-state index in [1.54, 1.807) is 34.8 Å². The van der Waals surface area contributed by atoms with Crippen LogP contribution in [0.1, 0.15) is 91.5 Å². The molecule has 0 atom stereocenters. The van der Waals surface area contributed by atoms with Gasteiger partial charge in [-0.1, -0.05) is 0 Å². The molecule has 2 aliphatic rings. The molecule has 1 spiro atoms. The molecule has 0 saturated carbocycles. The van der Waals surface area contributed by atoms with Crippen LogP contribution in [0.25, 0.3) is 0 Å². The van der Waals surface area contributed by atoms with Crippen molar-refractivity contribution >= 4 is 31.3 Å². The molecule has 238 valence electrons. The van der Waals surface area contributed by atoms with Crippen molar-refractivity contribution in [1.82, 2.24) is 14.1 Å². The zero-order chi connectivity index (χ0) is 32.4. The van der Waals surface area contributed by atoms with Crippen molar-refractivity contribution in [3.63, 3.8) is 0 Å². The minimum absolute atomic E-state index is 0.106. The first-order valence-corrected chi connectivity index (χ1v) is 17.7. The number of carbonyl (C=O) groups is 1. The fraction of sp³-hybridized carbons (Fsp3) is 0.485. The molecule has 1 amide bonds. The predicted octanol–water partition coefficient (Wildman–Crippen LogP) is 8.90. The second-order valence-corrected chi connectivity index (χ2v) is 18.3. The first kappa shape index (κ1) is 32.2. The normalized spacial score (nSPS) is 18.2. The summed E-state index contributed by atoms with van der Waals surface area (Å²) in [5.74, 6) is 0.302. The van der Waals surface area contributed by atoms with Crippen molar-refractivity contribution in [2.75, 3.05) is 0 Å². The molecular formula is C33H45N4O5PS. The number of aryl methyl sites for hydroxylation is 2. The molecule has 9 nitrogen and oxygen atoms in total. The average Bonchev–Trinajstić information content (AvgIpc) is 3.52. The molecule has 0 radical (unpaired) electrons. The molecule has 0 saturated heterocycles. The van der Waals surface area contributed by atoms with Crippen LogP contribution in [0.2, 0.25) is 0 Å². The molecule has 1 aromatic heterocycles. The van der Waals surface area contributed by atoms with E-state index in [1.807, 2.05) is 27.7 Å². The Morgan fingerprint density at radius 2 is 1.39 bits per heavy atom. The number of fused-ring (bicyclic) bond motifs is 2. The zero-order valence-electron chi connectivity index (χ0n) is 27.9. The second-order valence-electron chi connectivity index (χ2n) is 14.2. The van der Waals surface area contributed by atoms with Crippen LogP contribution in [0.3, 0.4) is 0 Å². The Balaban J connectivity index is 2.00. The van der Waals surface area contributed by atoms with Crippen LogP contribution in [0.5, 0.6) is 11.5 Å². The van der Waals surface area contributed by atoms with Gasteiger partial charge >= 0.3 is 266 Å². The van der Waals surface area contributed by atoms with E-state index in [0.717, 1.165) is 32.0 Å². The van der Waals surface area contributed by atoms with Gasteiger partial charge in [-0.25, -0.2) is 0 Å². The number of carbonyl (C=O) groups excluding carboxylic acids is 1. The van der Waals surface area contributed by atoms with Gasteiger partial charge in [-0.15, -0.1) is 0 Å². The van der Waals surface area contributed by atoms with Crippen LogP contribution < -0.4 is 9.05 Å². The number of hydrogen-bond donors (Lipinski definition) is 0. The maximum absolute atomic E-state index is 14.4. The molecule has 11 heteroatoms. The van der Waals surface area contributed by atoms with Crippen LogP contribution in [-0.4, -0.2) is 32.2 Å². The van der Waals surface area contributed by atoms with E-state index in [1.165, 1.54) is 4.78 Å². The van der Waals surface area contributed by atoms with Gasteiger partial charge in [0.15, 0.2) is 0 Å². The molecule has 3 aromatic rings. The Hall–Kier alpha value is -3.23. The first-order chi connectivity index (χ1) is 20.3. The number of rotatable bonds is 3. The van der Waals surface area contributed by atoms with Crippen LogP contribution in [0.15, 0.2) is 57.9 Å². The number of imidazole rings is 1. The Morgan fingerprint density at radius 1 is 0.864 bits per heavy atom. The number of nitrogens with zero attached hydrogens (tertiary/aromatic N) is 4. The number of ether oxygens (including phenoxy) is 1. The van der Waals surface area contributed by atoms with Crippen LogP contribution in [0.4, 0.5) is 0 Å². The van der Waals surface area contributed by atoms with Crippen molar-refractivity contribution < 1.29 is 23.1 Å². The molecule has 5 rings (SSSR count). The summed E-state index contributed by atoms with van der Waals surface area (Å²) in [4.78, 5) is 20.5. The Labute approximate surface area is 265 Å². The second kappa shape index (κ2) is 10.7. The summed E-state index contributed by atoms with van der Waals surface area (Å²) in [5, 5.41) is 4.70. The van der Waals surface area contributed by atoms with E-state index in [2.05, 4.69) is 84.6 Å². The number of amides is 1. The van der Waals surface area contributed by atoms with E-state index >= 15 is 0 Å². The standard InChI is InChI=1S/C33H45N4O5PS/c1-20(2)30(38)37-35-31(39-21(3)4)42-43(37,36-14-13-34-19-36)40-28-24(32(7,8)9)15-22(5)17-26(28)44-27-18-23(6)16-25(29(27)41-43)33(10,11)12/h13-21H,1-12H3. The van der Waals surface area contributed by atoms with Crippen molar-refractivity contribution in [3.05, 3.63) is 65.2 Å². The van der Waals surface area contributed by atoms with Gasteiger partial charge in [0, 0.05) is 0 Å². The third kappa shape index (κ3) is 5.34. The van der Waals surface area contributed by atoms with Gasteiger partial charge in [-0.3, -0.25) is 0 Å². The Morgan fingerprint density at radius 3 is 1.80 bits per heavy atom. The third-order valence-corrected chi connectivity index (χ3v) is 11.8. The molecule has 2 aromatic carbocycles.